The first-order valence-corrected chi connectivity index (χ1v) is 8.79. The van der Waals surface area contributed by atoms with Crippen molar-refractivity contribution in [3.63, 3.8) is 0 Å². The van der Waals surface area contributed by atoms with E-state index >= 15 is 0 Å². The number of nitrogens with one attached hydrogen (secondary N) is 1. The van der Waals surface area contributed by atoms with E-state index in [0.717, 1.165) is 23.9 Å². The Morgan fingerprint density at radius 3 is 2.77 bits per heavy atom. The molecule has 134 valence electrons. The van der Waals surface area contributed by atoms with Crippen molar-refractivity contribution >= 4 is 16.9 Å². The van der Waals surface area contributed by atoms with Crippen molar-refractivity contribution in [1.82, 2.24) is 14.9 Å². The molecular formula is C20H20FN3O2. The highest BCUT2D eigenvalue weighted by Gasteiger charge is 2.25. The molecular weight excluding hydrogens is 333 g/mol. The van der Waals surface area contributed by atoms with Gasteiger partial charge in [0.1, 0.15) is 17.2 Å². The van der Waals surface area contributed by atoms with Gasteiger partial charge in [0.05, 0.1) is 0 Å². The van der Waals surface area contributed by atoms with Gasteiger partial charge in [0, 0.05) is 30.9 Å². The fourth-order valence-corrected chi connectivity index (χ4v) is 3.52. The zero-order chi connectivity index (χ0) is 17.9. The maximum atomic E-state index is 12.9. The molecule has 0 radical (unpaired) electrons. The van der Waals surface area contributed by atoms with Crippen LogP contribution in [0.1, 0.15) is 24.3 Å². The van der Waals surface area contributed by atoms with Gasteiger partial charge in [-0.1, -0.05) is 0 Å². The minimum absolute atomic E-state index is 0.0205. The number of likely N-dealkylation sites (tertiary alicyclic amines) is 1. The first kappa shape index (κ1) is 16.6. The number of halogens is 1. The lowest BCUT2D eigenvalue weighted by atomic mass is 9.89. The Morgan fingerprint density at radius 1 is 1.23 bits per heavy atom. The first-order valence-electron chi connectivity index (χ1n) is 8.79. The summed E-state index contributed by atoms with van der Waals surface area (Å²) in [4.78, 5) is 21.8. The molecule has 0 unspecified atom stereocenters. The molecule has 0 aliphatic carbocycles. The summed E-state index contributed by atoms with van der Waals surface area (Å²) in [5.74, 6) is 0.572. The summed E-state index contributed by atoms with van der Waals surface area (Å²) in [6.07, 6.45) is 5.66. The highest BCUT2D eigenvalue weighted by Crippen LogP contribution is 2.32. The third kappa shape index (κ3) is 3.40. The first-order chi connectivity index (χ1) is 12.7. The van der Waals surface area contributed by atoms with Gasteiger partial charge in [-0.25, -0.2) is 9.37 Å². The SMILES string of the molecule is O=C(COc1ccc(F)cc1)N1CCC(c2c[nH]c3ncccc23)CC1. The van der Waals surface area contributed by atoms with Crippen LogP contribution < -0.4 is 4.74 Å². The van der Waals surface area contributed by atoms with Crippen LogP contribution >= 0.6 is 0 Å². The van der Waals surface area contributed by atoms with Gasteiger partial charge in [0.2, 0.25) is 0 Å². The van der Waals surface area contributed by atoms with E-state index in [1.165, 1.54) is 29.8 Å². The van der Waals surface area contributed by atoms with Gasteiger partial charge in [0.25, 0.3) is 5.91 Å². The largest absolute Gasteiger partial charge is 0.484 e. The lowest BCUT2D eigenvalue weighted by molar-refractivity contribution is -0.134. The van der Waals surface area contributed by atoms with Gasteiger partial charge in [-0.15, -0.1) is 0 Å². The standard InChI is InChI=1S/C20H20FN3O2/c21-15-3-5-16(6-4-15)26-13-19(25)24-10-7-14(8-11-24)18-12-23-20-17(18)2-1-9-22-20/h1-6,9,12,14H,7-8,10-11,13H2,(H,22,23). The molecule has 0 bridgehead atoms. The van der Waals surface area contributed by atoms with Crippen molar-refractivity contribution < 1.29 is 13.9 Å². The molecule has 1 aliphatic rings. The van der Waals surface area contributed by atoms with E-state index in [1.807, 2.05) is 17.2 Å². The fraction of sp³-hybridized carbons (Fsp3) is 0.300. The van der Waals surface area contributed by atoms with E-state index in [9.17, 15) is 9.18 Å². The normalized spacial score (nSPS) is 15.3. The Hall–Kier alpha value is -2.89. The van der Waals surface area contributed by atoms with Crippen molar-refractivity contribution in [3.05, 3.63) is 60.2 Å². The topological polar surface area (TPSA) is 58.2 Å². The number of ether oxygens (including phenoxy) is 1. The lowest BCUT2D eigenvalue weighted by Gasteiger charge is -2.32. The number of aromatic amines is 1. The van der Waals surface area contributed by atoms with Crippen LogP contribution in [0.2, 0.25) is 0 Å². The maximum Gasteiger partial charge on any atom is 0.260 e. The quantitative estimate of drug-likeness (QED) is 0.781. The number of H-pyrrole nitrogens is 1. The number of fused-ring (bicyclic) bond motifs is 1. The Bertz CT molecular complexity index is 899. The van der Waals surface area contributed by atoms with Gasteiger partial charge in [0.15, 0.2) is 6.61 Å². The summed E-state index contributed by atoms with van der Waals surface area (Å²) < 4.78 is 18.4. The third-order valence-electron chi connectivity index (χ3n) is 4.95. The van der Waals surface area contributed by atoms with Crippen molar-refractivity contribution in [2.45, 2.75) is 18.8 Å². The second kappa shape index (κ2) is 7.15. The zero-order valence-electron chi connectivity index (χ0n) is 14.3. The monoisotopic (exact) mass is 353 g/mol. The average molecular weight is 353 g/mol. The van der Waals surface area contributed by atoms with Crippen molar-refractivity contribution in [2.75, 3.05) is 19.7 Å². The van der Waals surface area contributed by atoms with Crippen molar-refractivity contribution in [1.29, 1.82) is 0 Å². The van der Waals surface area contributed by atoms with E-state index in [-0.39, 0.29) is 18.3 Å². The minimum Gasteiger partial charge on any atom is -0.484 e. The number of amides is 1. The second-order valence-corrected chi connectivity index (χ2v) is 6.54. The molecule has 1 amide bonds. The van der Waals surface area contributed by atoms with Crippen LogP contribution in [0.4, 0.5) is 4.39 Å². The molecule has 1 aliphatic heterocycles. The highest BCUT2D eigenvalue weighted by molar-refractivity contribution is 5.80. The number of hydrogen-bond donors (Lipinski definition) is 1. The molecule has 0 spiro atoms. The number of carbonyl (C=O) groups excluding carboxylic acids is 1. The summed E-state index contributed by atoms with van der Waals surface area (Å²) in [5.41, 5.74) is 2.19. The molecule has 6 heteroatoms. The summed E-state index contributed by atoms with van der Waals surface area (Å²) >= 11 is 0. The van der Waals surface area contributed by atoms with Crippen LogP contribution in [-0.4, -0.2) is 40.5 Å². The van der Waals surface area contributed by atoms with Crippen LogP contribution in [0, 0.1) is 5.82 Å². The summed E-state index contributed by atoms with van der Waals surface area (Å²) in [5, 5.41) is 1.16. The Morgan fingerprint density at radius 2 is 2.00 bits per heavy atom. The summed E-state index contributed by atoms with van der Waals surface area (Å²) in [6, 6.07) is 9.73. The van der Waals surface area contributed by atoms with Crippen LogP contribution in [0.15, 0.2) is 48.8 Å². The van der Waals surface area contributed by atoms with Crippen LogP contribution in [0.3, 0.4) is 0 Å². The van der Waals surface area contributed by atoms with E-state index in [2.05, 4.69) is 16.0 Å². The molecule has 2 aromatic heterocycles. The van der Waals surface area contributed by atoms with E-state index in [0.29, 0.717) is 24.8 Å². The minimum atomic E-state index is -0.321. The van der Waals surface area contributed by atoms with E-state index < -0.39 is 0 Å². The van der Waals surface area contributed by atoms with Gasteiger partial charge in [-0.05, 0) is 60.7 Å². The predicted molar refractivity (Wildman–Crippen MR) is 96.5 cm³/mol. The molecule has 1 fully saturated rings. The molecule has 4 rings (SSSR count). The molecule has 26 heavy (non-hydrogen) atoms. The molecule has 0 saturated carbocycles. The van der Waals surface area contributed by atoms with Gasteiger partial charge in [-0.3, -0.25) is 4.79 Å². The number of benzene rings is 1. The van der Waals surface area contributed by atoms with E-state index in [4.69, 9.17) is 4.74 Å². The lowest BCUT2D eigenvalue weighted by Crippen LogP contribution is -2.40. The highest BCUT2D eigenvalue weighted by atomic mass is 19.1. The molecule has 3 heterocycles. The zero-order valence-corrected chi connectivity index (χ0v) is 14.3. The molecule has 0 atom stereocenters. The number of nitrogens with zero attached hydrogens (tertiary/aromatic N) is 2. The number of rotatable bonds is 4. The van der Waals surface area contributed by atoms with Crippen LogP contribution in [0.25, 0.3) is 11.0 Å². The summed E-state index contributed by atoms with van der Waals surface area (Å²) in [7, 11) is 0. The third-order valence-corrected chi connectivity index (χ3v) is 4.95. The maximum absolute atomic E-state index is 12.9. The Kier molecular flexibility index (Phi) is 4.56. The van der Waals surface area contributed by atoms with Crippen molar-refractivity contribution in [3.8, 4) is 5.75 Å². The van der Waals surface area contributed by atoms with Gasteiger partial charge < -0.3 is 14.6 Å². The Labute approximate surface area is 150 Å². The Balaban J connectivity index is 1.33. The number of piperidine rings is 1. The number of carbonyl (C=O) groups is 1. The molecule has 5 nitrogen and oxygen atoms in total. The van der Waals surface area contributed by atoms with Gasteiger partial charge >= 0.3 is 0 Å². The van der Waals surface area contributed by atoms with Crippen LogP contribution in [-0.2, 0) is 4.79 Å². The fourth-order valence-electron chi connectivity index (χ4n) is 3.52. The number of pyridine rings is 1. The van der Waals surface area contributed by atoms with Crippen LogP contribution in [0.5, 0.6) is 5.75 Å². The smallest absolute Gasteiger partial charge is 0.260 e. The average Bonchev–Trinajstić information content (AvgIpc) is 3.11. The molecule has 3 aromatic rings. The molecule has 1 N–H and O–H groups in total. The predicted octanol–water partition coefficient (Wildman–Crippen LogP) is 3.49. The van der Waals surface area contributed by atoms with Crippen molar-refractivity contribution in [2.24, 2.45) is 0 Å². The van der Waals surface area contributed by atoms with E-state index in [1.54, 1.807) is 6.20 Å². The van der Waals surface area contributed by atoms with Gasteiger partial charge in [-0.2, -0.15) is 0 Å². The number of hydrogen-bond acceptors (Lipinski definition) is 3. The number of aromatic nitrogens is 2. The second-order valence-electron chi connectivity index (χ2n) is 6.54. The summed E-state index contributed by atoms with van der Waals surface area (Å²) in [6.45, 7) is 1.40. The molecule has 1 aromatic carbocycles. The molecule has 1 saturated heterocycles.